The molecule has 23 heavy (non-hydrogen) atoms. The first kappa shape index (κ1) is 15.6. The Labute approximate surface area is 137 Å². The molecule has 0 aromatic carbocycles. The van der Waals surface area contributed by atoms with Crippen LogP contribution in [0.5, 0.6) is 0 Å². The van der Waals surface area contributed by atoms with E-state index >= 15 is 0 Å². The van der Waals surface area contributed by atoms with Crippen LogP contribution in [0.25, 0.3) is 11.4 Å². The maximum atomic E-state index is 11.8. The Morgan fingerprint density at radius 3 is 2.87 bits per heavy atom. The number of furan rings is 1. The maximum Gasteiger partial charge on any atom is 0.321 e. The van der Waals surface area contributed by atoms with E-state index in [9.17, 15) is 9.59 Å². The summed E-state index contributed by atoms with van der Waals surface area (Å²) in [5.41, 5.74) is 0.861. The van der Waals surface area contributed by atoms with E-state index in [1.807, 2.05) is 20.0 Å². The highest BCUT2D eigenvalue weighted by Crippen LogP contribution is 2.25. The Bertz CT molecular complexity index is 735. The minimum atomic E-state index is -0.439. The quantitative estimate of drug-likeness (QED) is 0.802. The van der Waals surface area contributed by atoms with Crippen molar-refractivity contribution in [3.63, 3.8) is 0 Å². The van der Waals surface area contributed by atoms with Crippen molar-refractivity contribution >= 4 is 23.7 Å². The molecular formula is C14H17N5O3S. The van der Waals surface area contributed by atoms with Gasteiger partial charge >= 0.3 is 6.03 Å². The number of thioether (sulfide) groups is 1. The van der Waals surface area contributed by atoms with Gasteiger partial charge in [-0.05, 0) is 25.8 Å². The van der Waals surface area contributed by atoms with Gasteiger partial charge in [0.15, 0.2) is 11.0 Å². The number of amides is 3. The lowest BCUT2D eigenvalue weighted by Gasteiger charge is -2.05. The van der Waals surface area contributed by atoms with Crippen LogP contribution in [0, 0.1) is 6.92 Å². The lowest BCUT2D eigenvalue weighted by molar-refractivity contribution is -0.117. The smallest absolute Gasteiger partial charge is 0.321 e. The van der Waals surface area contributed by atoms with E-state index in [0.717, 1.165) is 24.2 Å². The van der Waals surface area contributed by atoms with E-state index in [1.165, 1.54) is 11.8 Å². The molecule has 0 bridgehead atoms. The molecule has 0 atom stereocenters. The minimum absolute atomic E-state index is 0.0917. The molecule has 8 nitrogen and oxygen atoms in total. The van der Waals surface area contributed by atoms with Crippen LogP contribution in [0.1, 0.15) is 18.6 Å². The maximum absolute atomic E-state index is 11.8. The molecule has 122 valence electrons. The molecule has 0 aliphatic heterocycles. The Morgan fingerprint density at radius 2 is 2.22 bits per heavy atom. The van der Waals surface area contributed by atoms with Gasteiger partial charge in [0.05, 0.1) is 17.6 Å². The molecule has 1 saturated carbocycles. The van der Waals surface area contributed by atoms with Crippen molar-refractivity contribution in [3.8, 4) is 11.4 Å². The van der Waals surface area contributed by atoms with Gasteiger partial charge < -0.3 is 14.3 Å². The normalized spacial score (nSPS) is 13.8. The number of aromatic nitrogens is 3. The number of carbonyl (C=O) groups excluding carboxylic acids is 2. The van der Waals surface area contributed by atoms with Gasteiger partial charge in [0.1, 0.15) is 5.76 Å². The molecule has 1 aliphatic rings. The lowest BCUT2D eigenvalue weighted by atomic mass is 10.2. The Kier molecular flexibility index (Phi) is 4.37. The van der Waals surface area contributed by atoms with E-state index in [1.54, 1.807) is 10.8 Å². The Hall–Kier alpha value is -2.29. The van der Waals surface area contributed by atoms with Crippen LogP contribution in [0.4, 0.5) is 4.79 Å². The molecule has 2 heterocycles. The fourth-order valence-electron chi connectivity index (χ4n) is 2.03. The van der Waals surface area contributed by atoms with Crippen LogP contribution in [0.3, 0.4) is 0 Å². The third-order valence-corrected chi connectivity index (χ3v) is 4.45. The SMILES string of the molecule is Cc1occc1-c1nnc(SCC(=O)NC(=O)NC2CC2)n1C. The zero-order valence-electron chi connectivity index (χ0n) is 12.8. The van der Waals surface area contributed by atoms with E-state index < -0.39 is 6.03 Å². The van der Waals surface area contributed by atoms with Crippen molar-refractivity contribution < 1.29 is 14.0 Å². The molecule has 0 radical (unpaired) electrons. The van der Waals surface area contributed by atoms with Crippen LogP contribution < -0.4 is 10.6 Å². The van der Waals surface area contributed by atoms with Crippen molar-refractivity contribution in [2.24, 2.45) is 7.05 Å². The lowest BCUT2D eigenvalue weighted by Crippen LogP contribution is -2.41. The molecule has 0 saturated heterocycles. The van der Waals surface area contributed by atoms with E-state index in [2.05, 4.69) is 20.8 Å². The van der Waals surface area contributed by atoms with E-state index in [0.29, 0.717) is 11.0 Å². The number of imide groups is 1. The van der Waals surface area contributed by atoms with Gasteiger partial charge in [0, 0.05) is 13.1 Å². The van der Waals surface area contributed by atoms with Gasteiger partial charge in [-0.3, -0.25) is 10.1 Å². The predicted molar refractivity (Wildman–Crippen MR) is 83.9 cm³/mol. The van der Waals surface area contributed by atoms with Crippen molar-refractivity contribution in [1.82, 2.24) is 25.4 Å². The summed E-state index contributed by atoms with van der Waals surface area (Å²) < 4.78 is 7.06. The predicted octanol–water partition coefficient (Wildman–Crippen LogP) is 1.46. The molecule has 0 unspecified atom stereocenters. The third-order valence-electron chi connectivity index (χ3n) is 3.43. The number of hydrogen-bond donors (Lipinski definition) is 2. The summed E-state index contributed by atoms with van der Waals surface area (Å²) in [5, 5.41) is 13.8. The molecular weight excluding hydrogens is 318 g/mol. The van der Waals surface area contributed by atoms with Crippen LogP contribution in [0.2, 0.25) is 0 Å². The molecule has 2 N–H and O–H groups in total. The molecule has 3 rings (SSSR count). The highest BCUT2D eigenvalue weighted by Gasteiger charge is 2.24. The van der Waals surface area contributed by atoms with Gasteiger partial charge in [-0.25, -0.2) is 4.79 Å². The summed E-state index contributed by atoms with van der Waals surface area (Å²) in [6.07, 6.45) is 3.55. The number of nitrogens with zero attached hydrogens (tertiary/aromatic N) is 3. The molecule has 9 heteroatoms. The Morgan fingerprint density at radius 1 is 1.43 bits per heavy atom. The number of nitrogens with one attached hydrogen (secondary N) is 2. The number of urea groups is 1. The average molecular weight is 335 g/mol. The second-order valence-electron chi connectivity index (χ2n) is 5.34. The molecule has 2 aromatic rings. The van der Waals surface area contributed by atoms with Crippen molar-refractivity contribution in [3.05, 3.63) is 18.1 Å². The van der Waals surface area contributed by atoms with Gasteiger partial charge in [0.2, 0.25) is 5.91 Å². The number of hydrogen-bond acceptors (Lipinski definition) is 6. The van der Waals surface area contributed by atoms with Crippen molar-refractivity contribution in [2.45, 2.75) is 31.0 Å². The molecule has 2 aromatic heterocycles. The monoisotopic (exact) mass is 335 g/mol. The molecule has 3 amide bonds. The molecule has 1 aliphatic carbocycles. The number of rotatable bonds is 5. The highest BCUT2D eigenvalue weighted by molar-refractivity contribution is 7.99. The minimum Gasteiger partial charge on any atom is -0.469 e. The first-order chi connectivity index (χ1) is 11.0. The average Bonchev–Trinajstić information content (AvgIpc) is 3.09. The summed E-state index contributed by atoms with van der Waals surface area (Å²) >= 11 is 1.22. The zero-order chi connectivity index (χ0) is 16.4. The summed E-state index contributed by atoms with van der Waals surface area (Å²) in [5.74, 6) is 1.16. The summed E-state index contributed by atoms with van der Waals surface area (Å²) in [7, 11) is 1.82. The molecule has 1 fully saturated rings. The van der Waals surface area contributed by atoms with Crippen LogP contribution in [-0.4, -0.2) is 38.5 Å². The van der Waals surface area contributed by atoms with Crippen LogP contribution in [-0.2, 0) is 11.8 Å². The number of carbonyl (C=O) groups is 2. The van der Waals surface area contributed by atoms with Gasteiger partial charge in [-0.15, -0.1) is 10.2 Å². The summed E-state index contributed by atoms with van der Waals surface area (Å²) in [6, 6.07) is 1.60. The fraction of sp³-hybridized carbons (Fsp3) is 0.429. The summed E-state index contributed by atoms with van der Waals surface area (Å²) in [4.78, 5) is 23.2. The first-order valence-corrected chi connectivity index (χ1v) is 8.20. The van der Waals surface area contributed by atoms with Gasteiger partial charge in [-0.1, -0.05) is 11.8 Å². The fourth-order valence-corrected chi connectivity index (χ4v) is 2.75. The topological polar surface area (TPSA) is 102 Å². The number of aryl methyl sites for hydroxylation is 1. The second-order valence-corrected chi connectivity index (χ2v) is 6.28. The van der Waals surface area contributed by atoms with Crippen LogP contribution >= 0.6 is 11.8 Å². The van der Waals surface area contributed by atoms with Gasteiger partial charge in [-0.2, -0.15) is 0 Å². The van der Waals surface area contributed by atoms with Crippen LogP contribution in [0.15, 0.2) is 21.9 Å². The molecule has 0 spiro atoms. The summed E-state index contributed by atoms with van der Waals surface area (Å²) in [6.45, 7) is 1.85. The highest BCUT2D eigenvalue weighted by atomic mass is 32.2. The largest absolute Gasteiger partial charge is 0.469 e. The first-order valence-electron chi connectivity index (χ1n) is 7.21. The van der Waals surface area contributed by atoms with Crippen molar-refractivity contribution in [2.75, 3.05) is 5.75 Å². The third kappa shape index (κ3) is 3.73. The van der Waals surface area contributed by atoms with Gasteiger partial charge in [0.25, 0.3) is 0 Å². The van der Waals surface area contributed by atoms with E-state index in [-0.39, 0.29) is 17.7 Å². The van der Waals surface area contributed by atoms with E-state index in [4.69, 9.17) is 4.42 Å². The Balaban J connectivity index is 1.56. The van der Waals surface area contributed by atoms with Crippen molar-refractivity contribution in [1.29, 1.82) is 0 Å². The zero-order valence-corrected chi connectivity index (χ0v) is 13.6. The standard InChI is InChI=1S/C14H17N5O3S/c1-8-10(5-6-22-8)12-17-18-14(19(12)2)23-7-11(20)16-13(21)15-9-3-4-9/h5-6,9H,3-4,7H2,1-2H3,(H2,15,16,20,21). The second kappa shape index (κ2) is 6.45.